The number of nitrogens with one attached hydrogen (secondary N) is 2. The van der Waals surface area contributed by atoms with E-state index in [0.717, 1.165) is 37.1 Å². The van der Waals surface area contributed by atoms with Gasteiger partial charge in [-0.05, 0) is 85.2 Å². The van der Waals surface area contributed by atoms with Crippen LogP contribution in [0.1, 0.15) is 47.6 Å². The molecule has 2 atom stereocenters. The third kappa shape index (κ3) is 3.42. The van der Waals surface area contributed by atoms with E-state index in [1.165, 1.54) is 46.0 Å². The van der Waals surface area contributed by atoms with Crippen LogP contribution in [-0.2, 0) is 22.5 Å². The third-order valence-electron chi connectivity index (χ3n) is 7.47. The number of pyridine rings is 1. The van der Waals surface area contributed by atoms with Crippen molar-refractivity contribution in [1.82, 2.24) is 20.2 Å². The minimum absolute atomic E-state index is 0.0267. The highest BCUT2D eigenvalue weighted by molar-refractivity contribution is 5.85. The predicted octanol–water partition coefficient (Wildman–Crippen LogP) is 3.88. The van der Waals surface area contributed by atoms with E-state index in [1.807, 2.05) is 12.4 Å². The van der Waals surface area contributed by atoms with E-state index in [-0.39, 0.29) is 11.8 Å². The summed E-state index contributed by atoms with van der Waals surface area (Å²) in [5, 5.41) is 4.86. The highest BCUT2D eigenvalue weighted by Crippen LogP contribution is 2.36. The molecule has 2 N–H and O–H groups in total. The maximum atomic E-state index is 13.1. The van der Waals surface area contributed by atoms with E-state index in [0.29, 0.717) is 25.8 Å². The van der Waals surface area contributed by atoms with Crippen molar-refractivity contribution in [3.05, 3.63) is 52.8 Å². The fraction of sp³-hybridized carbons (Fsp3) is 0.462. The minimum atomic E-state index is 0.0267. The maximum Gasteiger partial charge on any atom is 0.228 e. The van der Waals surface area contributed by atoms with E-state index < -0.39 is 0 Å². The smallest absolute Gasteiger partial charge is 0.228 e. The van der Waals surface area contributed by atoms with Gasteiger partial charge in [-0.25, -0.2) is 4.98 Å². The van der Waals surface area contributed by atoms with Gasteiger partial charge in [0.25, 0.3) is 0 Å². The largest absolute Gasteiger partial charge is 0.381 e. The first-order valence-electron chi connectivity index (χ1n) is 11.9. The summed E-state index contributed by atoms with van der Waals surface area (Å²) in [6.45, 7) is 5.96. The van der Waals surface area contributed by atoms with Crippen molar-refractivity contribution in [3.63, 3.8) is 0 Å². The Morgan fingerprint density at radius 1 is 1.22 bits per heavy atom. The summed E-state index contributed by atoms with van der Waals surface area (Å²) < 4.78 is 5.47. The lowest BCUT2D eigenvalue weighted by Crippen LogP contribution is -2.40. The molecule has 2 aromatic heterocycles. The molecule has 0 bridgehead atoms. The molecule has 0 aliphatic carbocycles. The van der Waals surface area contributed by atoms with Crippen LogP contribution in [0.3, 0.4) is 0 Å². The monoisotopic (exact) mass is 430 g/mol. The van der Waals surface area contributed by atoms with Crippen molar-refractivity contribution >= 4 is 16.9 Å². The van der Waals surface area contributed by atoms with Gasteiger partial charge >= 0.3 is 0 Å². The van der Waals surface area contributed by atoms with E-state index in [9.17, 15) is 4.79 Å². The minimum Gasteiger partial charge on any atom is -0.381 e. The number of rotatable bonds is 3. The zero-order valence-electron chi connectivity index (χ0n) is 18.6. The van der Waals surface area contributed by atoms with Crippen LogP contribution in [0.5, 0.6) is 0 Å². The zero-order valence-corrected chi connectivity index (χ0v) is 18.6. The Morgan fingerprint density at radius 2 is 2.16 bits per heavy atom. The van der Waals surface area contributed by atoms with Gasteiger partial charge < -0.3 is 19.9 Å². The second-order valence-corrected chi connectivity index (χ2v) is 9.51. The number of H-pyrrole nitrogens is 1. The molecule has 0 saturated carbocycles. The molecule has 1 amide bonds. The Bertz CT molecular complexity index is 1170. The van der Waals surface area contributed by atoms with Crippen LogP contribution in [0, 0.1) is 12.8 Å². The number of carbonyl (C=O) groups is 1. The lowest BCUT2D eigenvalue weighted by atomic mass is 9.86. The second-order valence-electron chi connectivity index (χ2n) is 9.51. The second kappa shape index (κ2) is 8.01. The lowest BCUT2D eigenvalue weighted by molar-refractivity contribution is -0.136. The van der Waals surface area contributed by atoms with E-state index >= 15 is 0 Å². The zero-order chi connectivity index (χ0) is 21.7. The van der Waals surface area contributed by atoms with Gasteiger partial charge in [0.2, 0.25) is 5.91 Å². The Labute approximate surface area is 188 Å². The number of amides is 1. The van der Waals surface area contributed by atoms with Crippen molar-refractivity contribution in [2.75, 3.05) is 26.3 Å². The number of aryl methyl sites for hydroxylation is 1. The predicted molar refractivity (Wildman–Crippen MR) is 124 cm³/mol. The van der Waals surface area contributed by atoms with Crippen LogP contribution in [-0.4, -0.2) is 47.1 Å². The number of benzene rings is 1. The molecule has 3 aliphatic heterocycles. The molecule has 166 valence electrons. The SMILES string of the molecule is Cc1c[nH]c2ncc(-c3cc4c(c([C@@H]5CCCN5)c3)CCN(C(=O)[C@H]3CCOC3)C4)cc12. The molecule has 32 heavy (non-hydrogen) atoms. The van der Waals surface area contributed by atoms with Crippen LogP contribution in [0.25, 0.3) is 22.2 Å². The molecule has 0 radical (unpaired) electrons. The molecule has 0 spiro atoms. The summed E-state index contributed by atoms with van der Waals surface area (Å²) in [5.41, 5.74) is 8.60. The van der Waals surface area contributed by atoms with Crippen LogP contribution in [0.4, 0.5) is 0 Å². The van der Waals surface area contributed by atoms with Crippen molar-refractivity contribution in [3.8, 4) is 11.1 Å². The average molecular weight is 431 g/mol. The molecule has 3 aromatic rings. The van der Waals surface area contributed by atoms with Gasteiger partial charge in [0.05, 0.1) is 12.5 Å². The fourth-order valence-electron chi connectivity index (χ4n) is 5.63. The van der Waals surface area contributed by atoms with Crippen LogP contribution in [0.2, 0.25) is 0 Å². The summed E-state index contributed by atoms with van der Waals surface area (Å²) in [7, 11) is 0. The van der Waals surface area contributed by atoms with Gasteiger partial charge in [-0.3, -0.25) is 4.79 Å². The number of fused-ring (bicyclic) bond motifs is 2. The summed E-state index contributed by atoms with van der Waals surface area (Å²) in [4.78, 5) is 23.0. The van der Waals surface area contributed by atoms with Crippen LogP contribution < -0.4 is 5.32 Å². The number of aromatic nitrogens is 2. The molecule has 3 aliphatic rings. The van der Waals surface area contributed by atoms with E-state index in [1.54, 1.807) is 0 Å². The van der Waals surface area contributed by atoms with Gasteiger partial charge in [0.1, 0.15) is 5.65 Å². The van der Waals surface area contributed by atoms with Gasteiger partial charge in [-0.15, -0.1) is 0 Å². The van der Waals surface area contributed by atoms with Crippen molar-refractivity contribution in [2.45, 2.75) is 45.2 Å². The molecule has 5 heterocycles. The number of carbonyl (C=O) groups excluding carboxylic acids is 1. The Morgan fingerprint density at radius 3 is 2.97 bits per heavy atom. The summed E-state index contributed by atoms with van der Waals surface area (Å²) in [5.74, 6) is 0.281. The summed E-state index contributed by atoms with van der Waals surface area (Å²) in [6.07, 6.45) is 8.14. The average Bonchev–Trinajstić information content (AvgIpc) is 3.60. The first-order chi connectivity index (χ1) is 15.7. The van der Waals surface area contributed by atoms with Crippen molar-refractivity contribution in [1.29, 1.82) is 0 Å². The molecule has 2 fully saturated rings. The van der Waals surface area contributed by atoms with E-state index in [4.69, 9.17) is 4.74 Å². The number of nitrogens with zero attached hydrogens (tertiary/aromatic N) is 2. The number of ether oxygens (including phenoxy) is 1. The first kappa shape index (κ1) is 19.9. The molecule has 6 rings (SSSR count). The lowest BCUT2D eigenvalue weighted by Gasteiger charge is -2.33. The standard InChI is InChI=1S/C26H30N4O2/c1-16-12-28-25-22(16)11-19(13-29-25)18-9-20-14-30(26(31)17-5-8-32-15-17)7-4-21(20)23(10-18)24-3-2-6-27-24/h9-13,17,24,27H,2-8,14-15H2,1H3,(H,28,29)/t17-,24-/m0/s1. The van der Waals surface area contributed by atoms with E-state index in [2.05, 4.69) is 45.3 Å². The topological polar surface area (TPSA) is 70.2 Å². The molecular formula is C26H30N4O2. The summed E-state index contributed by atoms with van der Waals surface area (Å²) in [6, 6.07) is 7.31. The van der Waals surface area contributed by atoms with Gasteiger partial charge in [-0.2, -0.15) is 0 Å². The molecule has 6 nitrogen and oxygen atoms in total. The molecule has 0 unspecified atom stereocenters. The van der Waals surface area contributed by atoms with Gasteiger partial charge in [0.15, 0.2) is 0 Å². The normalized spacial score (nSPS) is 23.1. The summed E-state index contributed by atoms with van der Waals surface area (Å²) >= 11 is 0. The molecule has 6 heteroatoms. The number of hydrogen-bond donors (Lipinski definition) is 2. The maximum absolute atomic E-state index is 13.1. The Balaban J connectivity index is 1.40. The van der Waals surface area contributed by atoms with Crippen molar-refractivity contribution < 1.29 is 9.53 Å². The van der Waals surface area contributed by atoms with Gasteiger partial charge in [0, 0.05) is 49.1 Å². The Hall–Kier alpha value is -2.70. The van der Waals surface area contributed by atoms with Crippen molar-refractivity contribution in [2.24, 2.45) is 5.92 Å². The first-order valence-corrected chi connectivity index (χ1v) is 11.9. The third-order valence-corrected chi connectivity index (χ3v) is 7.47. The Kier molecular flexibility index (Phi) is 5.00. The molecule has 1 aromatic carbocycles. The number of aromatic amines is 1. The highest BCUT2D eigenvalue weighted by atomic mass is 16.5. The molecule has 2 saturated heterocycles. The molecular weight excluding hydrogens is 400 g/mol. The highest BCUT2D eigenvalue weighted by Gasteiger charge is 2.32. The number of hydrogen-bond acceptors (Lipinski definition) is 4. The fourth-order valence-corrected chi connectivity index (χ4v) is 5.63. The van der Waals surface area contributed by atoms with Gasteiger partial charge in [-0.1, -0.05) is 0 Å². The quantitative estimate of drug-likeness (QED) is 0.662. The van der Waals surface area contributed by atoms with Crippen LogP contribution in [0.15, 0.2) is 30.6 Å². The van der Waals surface area contributed by atoms with Crippen LogP contribution >= 0.6 is 0 Å².